The molecule has 2 aliphatic heterocycles. The van der Waals surface area contributed by atoms with Crippen LogP contribution >= 0.6 is 0 Å². The Kier molecular flexibility index (Phi) is 4.00. The van der Waals surface area contributed by atoms with Crippen LogP contribution in [0, 0.1) is 0 Å². The van der Waals surface area contributed by atoms with Crippen molar-refractivity contribution >= 4 is 11.6 Å². The second-order valence-electron chi connectivity index (χ2n) is 6.61. The van der Waals surface area contributed by atoms with E-state index < -0.39 is 11.5 Å². The van der Waals surface area contributed by atoms with E-state index in [0.29, 0.717) is 29.3 Å². The number of phenols is 1. The first-order valence-corrected chi connectivity index (χ1v) is 8.84. The molecule has 0 fully saturated rings. The number of phenolic OH excluding ortho intramolecular Hbond substituents is 1. The summed E-state index contributed by atoms with van der Waals surface area (Å²) in [6.07, 6.45) is 2.89. The number of aliphatic hydroxyl groups is 1. The predicted octanol–water partition coefficient (Wildman–Crippen LogP) is 2.89. The van der Waals surface area contributed by atoms with E-state index in [1.165, 1.54) is 12.1 Å². The van der Waals surface area contributed by atoms with Crippen LogP contribution in [0.3, 0.4) is 0 Å². The standard InChI is InChI=1S/C20H21NO5/c1-2-3-6-9-21-15-8-5-4-7-13(15)20(24,19(21)23)14-10-17-18(11-16(14)22)26-12-25-17/h4-5,7-8,10-11,22,24H,2-3,6,9,12H2,1H3. The highest BCUT2D eigenvalue weighted by molar-refractivity contribution is 6.09. The second-order valence-corrected chi connectivity index (χ2v) is 6.61. The molecular weight excluding hydrogens is 334 g/mol. The molecule has 0 saturated carbocycles. The molecule has 0 aromatic heterocycles. The number of rotatable bonds is 5. The van der Waals surface area contributed by atoms with Gasteiger partial charge in [0.15, 0.2) is 11.5 Å². The van der Waals surface area contributed by atoms with Crippen molar-refractivity contribution in [1.29, 1.82) is 0 Å². The minimum Gasteiger partial charge on any atom is -0.507 e. The summed E-state index contributed by atoms with van der Waals surface area (Å²) in [5.74, 6) is 0.147. The van der Waals surface area contributed by atoms with Crippen LogP contribution in [-0.4, -0.2) is 29.5 Å². The Balaban J connectivity index is 1.82. The first-order chi connectivity index (χ1) is 12.6. The third-order valence-corrected chi connectivity index (χ3v) is 5.01. The summed E-state index contributed by atoms with van der Waals surface area (Å²) < 4.78 is 10.6. The van der Waals surface area contributed by atoms with Gasteiger partial charge in [0.2, 0.25) is 12.4 Å². The van der Waals surface area contributed by atoms with Gasteiger partial charge in [-0.25, -0.2) is 0 Å². The van der Waals surface area contributed by atoms with Crippen molar-refractivity contribution in [3.63, 3.8) is 0 Å². The number of aromatic hydroxyl groups is 1. The Hall–Kier alpha value is -2.73. The van der Waals surface area contributed by atoms with Crippen molar-refractivity contribution in [2.45, 2.75) is 31.8 Å². The summed E-state index contributed by atoms with van der Waals surface area (Å²) in [6, 6.07) is 10.0. The Bertz CT molecular complexity index is 865. The number of nitrogens with zero attached hydrogens (tertiary/aromatic N) is 1. The molecule has 0 bridgehead atoms. The lowest BCUT2D eigenvalue weighted by atomic mass is 9.86. The highest BCUT2D eigenvalue weighted by atomic mass is 16.7. The van der Waals surface area contributed by atoms with Crippen molar-refractivity contribution in [1.82, 2.24) is 0 Å². The topological polar surface area (TPSA) is 79.2 Å². The van der Waals surface area contributed by atoms with Crippen molar-refractivity contribution in [3.8, 4) is 17.2 Å². The van der Waals surface area contributed by atoms with Gasteiger partial charge in [-0.3, -0.25) is 4.79 Å². The summed E-state index contributed by atoms with van der Waals surface area (Å²) >= 11 is 0. The van der Waals surface area contributed by atoms with E-state index in [4.69, 9.17) is 9.47 Å². The molecule has 1 unspecified atom stereocenters. The summed E-state index contributed by atoms with van der Waals surface area (Å²) in [4.78, 5) is 14.8. The molecule has 1 atom stereocenters. The Morgan fingerprint density at radius 2 is 1.85 bits per heavy atom. The summed E-state index contributed by atoms with van der Waals surface area (Å²) in [6.45, 7) is 2.67. The molecule has 26 heavy (non-hydrogen) atoms. The smallest absolute Gasteiger partial charge is 0.268 e. The number of carbonyl (C=O) groups excluding carboxylic acids is 1. The molecule has 1 amide bonds. The molecule has 2 aromatic carbocycles. The number of para-hydroxylation sites is 1. The number of unbranched alkanes of at least 4 members (excludes halogenated alkanes) is 2. The van der Waals surface area contributed by atoms with Gasteiger partial charge in [-0.15, -0.1) is 0 Å². The average molecular weight is 355 g/mol. The number of ether oxygens (including phenoxy) is 2. The van der Waals surface area contributed by atoms with Gasteiger partial charge in [-0.1, -0.05) is 38.0 Å². The lowest BCUT2D eigenvalue weighted by Crippen LogP contribution is -2.41. The van der Waals surface area contributed by atoms with Crippen LogP contribution in [0.15, 0.2) is 36.4 Å². The van der Waals surface area contributed by atoms with Gasteiger partial charge in [0.25, 0.3) is 5.91 Å². The first-order valence-electron chi connectivity index (χ1n) is 8.84. The number of hydrogen-bond acceptors (Lipinski definition) is 5. The maximum atomic E-state index is 13.2. The number of fused-ring (bicyclic) bond motifs is 2. The molecule has 0 spiro atoms. The zero-order valence-corrected chi connectivity index (χ0v) is 14.6. The second kappa shape index (κ2) is 6.21. The van der Waals surface area contributed by atoms with Crippen LogP contribution < -0.4 is 14.4 Å². The predicted molar refractivity (Wildman–Crippen MR) is 95.5 cm³/mol. The van der Waals surface area contributed by atoms with E-state index in [9.17, 15) is 15.0 Å². The maximum absolute atomic E-state index is 13.2. The van der Waals surface area contributed by atoms with Gasteiger partial charge in [-0.05, 0) is 18.6 Å². The van der Waals surface area contributed by atoms with Crippen LogP contribution in [-0.2, 0) is 10.4 Å². The minimum absolute atomic E-state index is 0.0460. The quantitative estimate of drug-likeness (QED) is 0.806. The van der Waals surface area contributed by atoms with E-state index in [1.807, 2.05) is 12.1 Å². The summed E-state index contributed by atoms with van der Waals surface area (Å²) in [7, 11) is 0. The Morgan fingerprint density at radius 1 is 1.12 bits per heavy atom. The molecule has 2 aromatic rings. The number of amides is 1. The average Bonchev–Trinajstić information content (AvgIpc) is 3.18. The van der Waals surface area contributed by atoms with Crippen molar-refractivity contribution in [2.75, 3.05) is 18.2 Å². The van der Waals surface area contributed by atoms with Crippen molar-refractivity contribution in [3.05, 3.63) is 47.5 Å². The molecule has 0 saturated heterocycles. The van der Waals surface area contributed by atoms with Gasteiger partial charge in [0.05, 0.1) is 5.69 Å². The van der Waals surface area contributed by atoms with E-state index >= 15 is 0 Å². The third kappa shape index (κ3) is 2.33. The number of anilines is 1. The number of hydrogen-bond donors (Lipinski definition) is 2. The van der Waals surface area contributed by atoms with Crippen molar-refractivity contribution < 1.29 is 24.5 Å². The van der Waals surface area contributed by atoms with Gasteiger partial charge in [-0.2, -0.15) is 0 Å². The fraction of sp³-hybridized carbons (Fsp3) is 0.350. The molecule has 0 radical (unpaired) electrons. The zero-order valence-electron chi connectivity index (χ0n) is 14.6. The lowest BCUT2D eigenvalue weighted by Gasteiger charge is -2.24. The van der Waals surface area contributed by atoms with Gasteiger partial charge >= 0.3 is 0 Å². The fourth-order valence-corrected chi connectivity index (χ4v) is 3.66. The molecular formula is C20H21NO5. The first kappa shape index (κ1) is 16.7. The largest absolute Gasteiger partial charge is 0.507 e. The maximum Gasteiger partial charge on any atom is 0.268 e. The fourth-order valence-electron chi connectivity index (χ4n) is 3.66. The van der Waals surface area contributed by atoms with Crippen LogP contribution in [0.4, 0.5) is 5.69 Å². The number of benzene rings is 2. The SMILES string of the molecule is CCCCCN1C(=O)C(O)(c2cc3c(cc2O)OCO3)c2ccccc21. The summed E-state index contributed by atoms with van der Waals surface area (Å²) in [5, 5.41) is 22.0. The van der Waals surface area contributed by atoms with E-state index in [-0.39, 0.29) is 18.1 Å². The molecule has 6 nitrogen and oxygen atoms in total. The molecule has 0 aliphatic carbocycles. The van der Waals surface area contributed by atoms with E-state index in [0.717, 1.165) is 19.3 Å². The van der Waals surface area contributed by atoms with Crippen LogP contribution in [0.2, 0.25) is 0 Å². The number of carbonyl (C=O) groups is 1. The highest BCUT2D eigenvalue weighted by Crippen LogP contribution is 2.49. The third-order valence-electron chi connectivity index (χ3n) is 5.01. The van der Waals surface area contributed by atoms with Crippen LogP contribution in [0.5, 0.6) is 17.2 Å². The van der Waals surface area contributed by atoms with E-state index in [1.54, 1.807) is 17.0 Å². The highest BCUT2D eigenvalue weighted by Gasteiger charge is 2.52. The Morgan fingerprint density at radius 3 is 2.62 bits per heavy atom. The molecule has 6 heteroatoms. The lowest BCUT2D eigenvalue weighted by molar-refractivity contribution is -0.132. The molecule has 2 N–H and O–H groups in total. The Labute approximate surface area is 151 Å². The van der Waals surface area contributed by atoms with Crippen LogP contribution in [0.1, 0.15) is 37.3 Å². The molecule has 136 valence electrons. The molecule has 4 rings (SSSR count). The zero-order chi connectivity index (χ0) is 18.3. The minimum atomic E-state index is -1.95. The molecule has 2 aliphatic rings. The van der Waals surface area contributed by atoms with Gasteiger partial charge in [0, 0.05) is 23.7 Å². The van der Waals surface area contributed by atoms with Crippen molar-refractivity contribution in [2.24, 2.45) is 0 Å². The van der Waals surface area contributed by atoms with Crippen LogP contribution in [0.25, 0.3) is 0 Å². The molecule has 2 heterocycles. The summed E-state index contributed by atoms with van der Waals surface area (Å²) in [5.41, 5.74) is -0.700. The van der Waals surface area contributed by atoms with Gasteiger partial charge in [0.1, 0.15) is 5.75 Å². The van der Waals surface area contributed by atoms with Gasteiger partial charge < -0.3 is 24.6 Å². The monoisotopic (exact) mass is 355 g/mol. The normalized spacial score (nSPS) is 20.5. The van der Waals surface area contributed by atoms with E-state index in [2.05, 4.69) is 6.92 Å².